The number of carbonyl (C=O) groups is 2. The number of Topliss-reactive ketones (excluding diaryl/α,β-unsaturated/α-hetero) is 1. The molecule has 0 aliphatic rings. The van der Waals surface area contributed by atoms with Crippen molar-refractivity contribution in [3.05, 3.63) is 83.9 Å². The van der Waals surface area contributed by atoms with Gasteiger partial charge in [0.05, 0.1) is 16.6 Å². The van der Waals surface area contributed by atoms with Gasteiger partial charge in [-0.3, -0.25) is 9.59 Å². The first kappa shape index (κ1) is 18.1. The summed E-state index contributed by atoms with van der Waals surface area (Å²) in [5, 5.41) is 3.72. The van der Waals surface area contributed by atoms with E-state index < -0.39 is 0 Å². The highest BCUT2D eigenvalue weighted by Gasteiger charge is 2.12. The normalized spacial score (nSPS) is 10.8. The molecule has 0 bridgehead atoms. The first-order valence-corrected chi connectivity index (χ1v) is 9.76. The first-order chi connectivity index (χ1) is 13.6. The highest BCUT2D eigenvalue weighted by atomic mass is 32.1. The van der Waals surface area contributed by atoms with E-state index in [0.717, 1.165) is 20.8 Å². The number of hydrogen-bond donors (Lipinski definition) is 1. The van der Waals surface area contributed by atoms with E-state index in [-0.39, 0.29) is 18.1 Å². The Kier molecular flexibility index (Phi) is 5.00. The lowest BCUT2D eigenvalue weighted by Gasteiger charge is -2.06. The molecule has 0 unspecified atom stereocenters. The Morgan fingerprint density at radius 2 is 1.71 bits per heavy atom. The predicted molar refractivity (Wildman–Crippen MR) is 114 cm³/mol. The van der Waals surface area contributed by atoms with Crippen molar-refractivity contribution in [3.8, 4) is 10.6 Å². The number of anilines is 1. The van der Waals surface area contributed by atoms with Crippen LogP contribution in [0.2, 0.25) is 0 Å². The summed E-state index contributed by atoms with van der Waals surface area (Å²) >= 11 is 1.65. The van der Waals surface area contributed by atoms with Gasteiger partial charge in [0.2, 0.25) is 5.91 Å². The number of carbonyl (C=O) groups excluding carboxylic acids is 2. The summed E-state index contributed by atoms with van der Waals surface area (Å²) in [7, 11) is 0. The first-order valence-electron chi connectivity index (χ1n) is 8.94. The van der Waals surface area contributed by atoms with Crippen molar-refractivity contribution in [2.45, 2.75) is 13.3 Å². The smallest absolute Gasteiger partial charge is 0.232 e. The van der Waals surface area contributed by atoms with E-state index in [0.29, 0.717) is 11.3 Å². The van der Waals surface area contributed by atoms with Crippen molar-refractivity contribution < 1.29 is 9.59 Å². The summed E-state index contributed by atoms with van der Waals surface area (Å²) in [5.41, 5.74) is 4.40. The van der Waals surface area contributed by atoms with Crippen LogP contribution in [0.4, 0.5) is 5.69 Å². The molecule has 0 saturated heterocycles. The summed E-state index contributed by atoms with van der Waals surface area (Å²) in [6.45, 7) is 2.07. The number of thiazole rings is 1. The van der Waals surface area contributed by atoms with Crippen LogP contribution in [-0.4, -0.2) is 16.7 Å². The van der Waals surface area contributed by atoms with Crippen LogP contribution in [0.1, 0.15) is 22.3 Å². The van der Waals surface area contributed by atoms with Gasteiger partial charge in [0, 0.05) is 16.8 Å². The van der Waals surface area contributed by atoms with Crippen LogP contribution in [0.25, 0.3) is 20.8 Å². The fourth-order valence-electron chi connectivity index (χ4n) is 2.93. The number of nitrogens with one attached hydrogen (secondary N) is 1. The molecule has 28 heavy (non-hydrogen) atoms. The fraction of sp³-hybridized carbons (Fsp3) is 0.0870. The second-order valence-corrected chi connectivity index (χ2v) is 7.61. The van der Waals surface area contributed by atoms with Crippen molar-refractivity contribution in [2.24, 2.45) is 0 Å². The van der Waals surface area contributed by atoms with E-state index in [9.17, 15) is 9.59 Å². The number of rotatable bonds is 5. The Balaban J connectivity index is 1.44. The molecule has 1 N–H and O–H groups in total. The number of aromatic nitrogens is 1. The molecule has 4 rings (SSSR count). The third-order valence-electron chi connectivity index (χ3n) is 4.38. The molecule has 0 saturated carbocycles. The quantitative estimate of drug-likeness (QED) is 0.365. The molecular formula is C23H18N2O2S. The number of amides is 1. The average molecular weight is 386 g/mol. The predicted octanol–water partition coefficient (Wildman–Crippen LogP) is 5.48. The summed E-state index contributed by atoms with van der Waals surface area (Å²) < 4.78 is 1.16. The van der Waals surface area contributed by atoms with Crippen molar-refractivity contribution in [1.82, 2.24) is 4.98 Å². The van der Waals surface area contributed by atoms with Crippen molar-refractivity contribution in [1.29, 1.82) is 0 Å². The molecule has 0 spiro atoms. The lowest BCUT2D eigenvalue weighted by Crippen LogP contribution is -2.16. The lowest BCUT2D eigenvalue weighted by molar-refractivity contribution is -0.115. The zero-order chi connectivity index (χ0) is 19.5. The van der Waals surface area contributed by atoms with Gasteiger partial charge in [-0.05, 0) is 48.9 Å². The number of benzene rings is 3. The zero-order valence-electron chi connectivity index (χ0n) is 15.3. The molecule has 4 aromatic rings. The molecule has 0 aliphatic carbocycles. The minimum atomic E-state index is -0.322. The van der Waals surface area contributed by atoms with E-state index >= 15 is 0 Å². The van der Waals surface area contributed by atoms with E-state index in [1.54, 1.807) is 35.6 Å². The molecule has 0 atom stereocenters. The molecule has 4 nitrogen and oxygen atoms in total. The third kappa shape index (κ3) is 4.00. The van der Waals surface area contributed by atoms with E-state index in [1.165, 1.54) is 5.56 Å². The third-order valence-corrected chi connectivity index (χ3v) is 5.44. The van der Waals surface area contributed by atoms with Gasteiger partial charge in [0.25, 0.3) is 0 Å². The monoisotopic (exact) mass is 386 g/mol. The number of hydrogen-bond acceptors (Lipinski definition) is 4. The maximum atomic E-state index is 12.2. The second-order valence-electron chi connectivity index (χ2n) is 6.58. The molecule has 0 radical (unpaired) electrons. The standard InChI is InChI=1S/C23H18N2O2S/c1-15-7-12-19-21(13-15)28-23(25-19)17-8-10-18(11-9-17)24-22(27)14-20(26)16-5-3-2-4-6-16/h2-13H,14H2,1H3,(H,24,27). The number of nitrogens with zero attached hydrogens (tertiary/aromatic N) is 1. The highest BCUT2D eigenvalue weighted by Crippen LogP contribution is 2.31. The van der Waals surface area contributed by atoms with E-state index in [1.807, 2.05) is 36.4 Å². The van der Waals surface area contributed by atoms with Gasteiger partial charge in [-0.15, -0.1) is 11.3 Å². The molecule has 1 heterocycles. The van der Waals surface area contributed by atoms with Gasteiger partial charge in [0.1, 0.15) is 5.01 Å². The minimum Gasteiger partial charge on any atom is -0.326 e. The SMILES string of the molecule is Cc1ccc2nc(-c3ccc(NC(=O)CC(=O)c4ccccc4)cc3)sc2c1. The maximum Gasteiger partial charge on any atom is 0.232 e. The Hall–Kier alpha value is -3.31. The Labute approximate surface area is 166 Å². The molecule has 0 fully saturated rings. The van der Waals surface area contributed by atoms with Gasteiger partial charge in [0.15, 0.2) is 5.78 Å². The summed E-state index contributed by atoms with van der Waals surface area (Å²) in [5.74, 6) is -0.517. The molecule has 1 aromatic heterocycles. The van der Waals surface area contributed by atoms with Crippen molar-refractivity contribution in [2.75, 3.05) is 5.32 Å². The summed E-state index contributed by atoms with van der Waals surface area (Å²) in [6.07, 6.45) is -0.178. The summed E-state index contributed by atoms with van der Waals surface area (Å²) in [6, 6.07) is 22.6. The fourth-order valence-corrected chi connectivity index (χ4v) is 4.00. The van der Waals surface area contributed by atoms with Crippen LogP contribution in [-0.2, 0) is 4.79 Å². The highest BCUT2D eigenvalue weighted by molar-refractivity contribution is 7.21. The van der Waals surface area contributed by atoms with Gasteiger partial charge in [-0.25, -0.2) is 4.98 Å². The number of ketones is 1. The minimum absolute atomic E-state index is 0.178. The maximum absolute atomic E-state index is 12.2. The van der Waals surface area contributed by atoms with Crippen LogP contribution in [0.3, 0.4) is 0 Å². The average Bonchev–Trinajstić information content (AvgIpc) is 3.12. The number of fused-ring (bicyclic) bond motifs is 1. The second kappa shape index (κ2) is 7.74. The van der Waals surface area contributed by atoms with E-state index in [4.69, 9.17) is 0 Å². The molecule has 3 aromatic carbocycles. The number of aryl methyl sites for hydroxylation is 1. The zero-order valence-corrected chi connectivity index (χ0v) is 16.1. The molecular weight excluding hydrogens is 368 g/mol. The molecule has 5 heteroatoms. The Bertz CT molecular complexity index is 1150. The Morgan fingerprint density at radius 1 is 0.964 bits per heavy atom. The molecule has 0 aliphatic heterocycles. The topological polar surface area (TPSA) is 59.1 Å². The van der Waals surface area contributed by atoms with Crippen LogP contribution >= 0.6 is 11.3 Å². The molecule has 138 valence electrons. The Morgan fingerprint density at radius 3 is 2.46 bits per heavy atom. The van der Waals surface area contributed by atoms with Crippen LogP contribution in [0.5, 0.6) is 0 Å². The lowest BCUT2D eigenvalue weighted by atomic mass is 10.1. The van der Waals surface area contributed by atoms with Gasteiger partial charge >= 0.3 is 0 Å². The van der Waals surface area contributed by atoms with Crippen molar-refractivity contribution >= 4 is 38.9 Å². The van der Waals surface area contributed by atoms with Crippen LogP contribution in [0, 0.1) is 6.92 Å². The van der Waals surface area contributed by atoms with Crippen LogP contribution < -0.4 is 5.32 Å². The van der Waals surface area contributed by atoms with Gasteiger partial charge < -0.3 is 5.32 Å². The van der Waals surface area contributed by atoms with Crippen LogP contribution in [0.15, 0.2) is 72.8 Å². The van der Waals surface area contributed by atoms with Gasteiger partial charge in [-0.2, -0.15) is 0 Å². The largest absolute Gasteiger partial charge is 0.326 e. The van der Waals surface area contributed by atoms with E-state index in [2.05, 4.69) is 29.4 Å². The molecule has 1 amide bonds. The van der Waals surface area contributed by atoms with Gasteiger partial charge in [-0.1, -0.05) is 36.4 Å². The van der Waals surface area contributed by atoms with Crippen molar-refractivity contribution in [3.63, 3.8) is 0 Å². The summed E-state index contributed by atoms with van der Waals surface area (Å²) in [4.78, 5) is 29.0.